The van der Waals surface area contributed by atoms with Gasteiger partial charge in [0.15, 0.2) is 11.8 Å². The van der Waals surface area contributed by atoms with Crippen LogP contribution in [0.4, 0.5) is 13.2 Å². The van der Waals surface area contributed by atoms with Crippen molar-refractivity contribution in [3.05, 3.63) is 78.4 Å². The lowest BCUT2D eigenvalue weighted by Crippen LogP contribution is -2.09. The Morgan fingerprint density at radius 3 is 2.40 bits per heavy atom. The minimum atomic E-state index is -4.48. The van der Waals surface area contributed by atoms with Crippen molar-refractivity contribution in [3.8, 4) is 29.3 Å². The molecule has 1 heterocycles. The van der Waals surface area contributed by atoms with Gasteiger partial charge in [-0.15, -0.1) is 0 Å². The van der Waals surface area contributed by atoms with Crippen LogP contribution in [0.15, 0.2) is 72.9 Å². The van der Waals surface area contributed by atoms with Gasteiger partial charge in [-0.2, -0.15) is 13.2 Å². The van der Waals surface area contributed by atoms with E-state index >= 15 is 0 Å². The van der Waals surface area contributed by atoms with Crippen LogP contribution in [-0.2, 0) is 0 Å². The number of rotatable bonds is 3. The van der Waals surface area contributed by atoms with E-state index in [4.69, 9.17) is 0 Å². The molecule has 0 saturated carbocycles. The highest BCUT2D eigenvalue weighted by Crippen LogP contribution is 2.27. The number of halogens is 3. The fourth-order valence-electron chi connectivity index (χ4n) is 2.03. The largest absolute Gasteiger partial charge is 0.494 e. The Balaban J connectivity index is 2.25. The predicted molar refractivity (Wildman–Crippen MR) is 89.5 cm³/mol. The van der Waals surface area contributed by atoms with Crippen molar-refractivity contribution in [3.63, 3.8) is 0 Å². The van der Waals surface area contributed by atoms with Crippen LogP contribution in [0.1, 0.15) is 5.56 Å². The van der Waals surface area contributed by atoms with Crippen molar-refractivity contribution < 1.29 is 23.4 Å². The first-order chi connectivity index (χ1) is 11.8. The van der Waals surface area contributed by atoms with E-state index in [0.29, 0.717) is 11.3 Å². The summed E-state index contributed by atoms with van der Waals surface area (Å²) in [6.45, 7) is 3.25. The lowest BCUT2D eigenvalue weighted by atomic mass is 10.2. The number of aromatic hydroxyl groups is 2. The molecule has 1 aromatic carbocycles. The summed E-state index contributed by atoms with van der Waals surface area (Å²) in [6.07, 6.45) is -0.603. The molecule has 0 bridgehead atoms. The average Bonchev–Trinajstić information content (AvgIpc) is 2.88. The number of alkyl halides is 3. The minimum absolute atomic E-state index is 0.146. The van der Waals surface area contributed by atoms with Crippen molar-refractivity contribution >= 4 is 0 Å². The van der Waals surface area contributed by atoms with Gasteiger partial charge in [0.05, 0.1) is 11.3 Å². The summed E-state index contributed by atoms with van der Waals surface area (Å²) >= 11 is 0. The molecule has 0 unspecified atom stereocenters. The quantitative estimate of drug-likeness (QED) is 0.637. The molecule has 1 aromatic heterocycles. The Bertz CT molecular complexity index is 874. The molecule has 0 amide bonds. The molecule has 2 rings (SSSR count). The first kappa shape index (κ1) is 18.0. The van der Waals surface area contributed by atoms with E-state index in [1.807, 2.05) is 0 Å². The van der Waals surface area contributed by atoms with Gasteiger partial charge in [-0.05, 0) is 30.4 Å². The highest BCUT2D eigenvalue weighted by Gasteiger charge is 2.30. The zero-order valence-electron chi connectivity index (χ0n) is 13.0. The van der Waals surface area contributed by atoms with Gasteiger partial charge >= 0.3 is 6.18 Å². The summed E-state index contributed by atoms with van der Waals surface area (Å²) in [7, 11) is 0. The number of benzene rings is 1. The third-order valence-corrected chi connectivity index (χ3v) is 3.13. The van der Waals surface area contributed by atoms with Gasteiger partial charge in [0.1, 0.15) is 0 Å². The van der Waals surface area contributed by atoms with Crippen LogP contribution < -0.4 is 0 Å². The molecule has 3 nitrogen and oxygen atoms in total. The van der Waals surface area contributed by atoms with Crippen molar-refractivity contribution in [1.29, 1.82) is 0 Å². The average molecular weight is 345 g/mol. The number of hydrogen-bond acceptors (Lipinski definition) is 2. The molecular weight excluding hydrogens is 331 g/mol. The number of allylic oxidation sites excluding steroid dienone is 5. The molecule has 0 aliphatic carbocycles. The second-order valence-electron chi connectivity index (χ2n) is 4.89. The van der Waals surface area contributed by atoms with E-state index < -0.39 is 11.7 Å². The summed E-state index contributed by atoms with van der Waals surface area (Å²) < 4.78 is 39.2. The lowest BCUT2D eigenvalue weighted by Gasteiger charge is -2.06. The number of aromatic nitrogens is 1. The van der Waals surface area contributed by atoms with E-state index in [-0.39, 0.29) is 11.8 Å². The maximum Gasteiger partial charge on any atom is 0.416 e. The van der Waals surface area contributed by atoms with Crippen LogP contribution >= 0.6 is 0 Å². The first-order valence-corrected chi connectivity index (χ1v) is 7.11. The van der Waals surface area contributed by atoms with E-state index in [1.165, 1.54) is 16.7 Å². The SMILES string of the molecule is C=C/C=C(\C=C\C#Cc1cccc(-n2c(O)ccc2O)c1)C(F)(F)F. The Labute approximate surface area is 142 Å². The molecule has 2 N–H and O–H groups in total. The normalized spacial score (nSPS) is 12.0. The molecule has 6 heteroatoms. The van der Waals surface area contributed by atoms with Gasteiger partial charge in [0.25, 0.3) is 0 Å². The second kappa shape index (κ2) is 7.49. The maximum absolute atomic E-state index is 12.7. The van der Waals surface area contributed by atoms with Gasteiger partial charge in [0, 0.05) is 17.7 Å². The van der Waals surface area contributed by atoms with Crippen LogP contribution in [0.5, 0.6) is 11.8 Å². The summed E-state index contributed by atoms with van der Waals surface area (Å²) in [5.74, 6) is 4.93. The molecule has 0 fully saturated rings. The molecule has 0 saturated heterocycles. The van der Waals surface area contributed by atoms with Gasteiger partial charge < -0.3 is 10.2 Å². The third-order valence-electron chi connectivity index (χ3n) is 3.13. The topological polar surface area (TPSA) is 45.4 Å². The van der Waals surface area contributed by atoms with Crippen molar-refractivity contribution in [1.82, 2.24) is 4.57 Å². The van der Waals surface area contributed by atoms with Crippen LogP contribution in [0, 0.1) is 11.8 Å². The molecule has 0 atom stereocenters. The summed E-state index contributed by atoms with van der Waals surface area (Å²) in [6, 6.07) is 9.22. The van der Waals surface area contributed by atoms with Gasteiger partial charge in [0.2, 0.25) is 0 Å². The van der Waals surface area contributed by atoms with Crippen molar-refractivity contribution in [2.24, 2.45) is 0 Å². The van der Waals surface area contributed by atoms with Crippen LogP contribution in [0.25, 0.3) is 5.69 Å². The molecule has 0 aliphatic rings. The monoisotopic (exact) mass is 345 g/mol. The fraction of sp³-hybridized carbons (Fsp3) is 0.0526. The molecule has 0 spiro atoms. The van der Waals surface area contributed by atoms with Crippen molar-refractivity contribution in [2.75, 3.05) is 0 Å². The predicted octanol–water partition coefficient (Wildman–Crippen LogP) is 4.47. The van der Waals surface area contributed by atoms with Crippen molar-refractivity contribution in [2.45, 2.75) is 6.18 Å². The van der Waals surface area contributed by atoms with Crippen LogP contribution in [0.2, 0.25) is 0 Å². The summed E-state index contributed by atoms with van der Waals surface area (Å²) in [5.41, 5.74) is 0.127. The standard InChI is InChI=1S/C19H14F3NO2/c1-2-6-15(19(20,21)22)9-4-3-7-14-8-5-10-16(13-14)23-17(24)11-12-18(23)25/h2,4-6,8-13,24-25H,1H2/b9-4+,15-6+. The highest BCUT2D eigenvalue weighted by atomic mass is 19.4. The molecule has 128 valence electrons. The lowest BCUT2D eigenvalue weighted by molar-refractivity contribution is -0.0881. The zero-order chi connectivity index (χ0) is 18.4. The Morgan fingerprint density at radius 2 is 1.80 bits per heavy atom. The fourth-order valence-corrected chi connectivity index (χ4v) is 2.03. The molecular formula is C19H14F3NO2. The zero-order valence-corrected chi connectivity index (χ0v) is 13.0. The molecule has 0 aliphatic heterocycles. The Kier molecular flexibility index (Phi) is 5.40. The van der Waals surface area contributed by atoms with E-state index in [2.05, 4.69) is 18.4 Å². The Hall–Kier alpha value is -3.33. The van der Waals surface area contributed by atoms with Gasteiger partial charge in [-0.25, -0.2) is 0 Å². The number of nitrogens with zero attached hydrogens (tertiary/aromatic N) is 1. The van der Waals surface area contributed by atoms with E-state index in [0.717, 1.165) is 24.3 Å². The summed E-state index contributed by atoms with van der Waals surface area (Å²) in [5, 5.41) is 19.4. The summed E-state index contributed by atoms with van der Waals surface area (Å²) in [4.78, 5) is 0. The second-order valence-corrected chi connectivity index (χ2v) is 4.89. The van der Waals surface area contributed by atoms with Crippen LogP contribution in [-0.4, -0.2) is 21.0 Å². The molecule has 25 heavy (non-hydrogen) atoms. The molecule has 0 radical (unpaired) electrons. The molecule has 2 aromatic rings. The van der Waals surface area contributed by atoms with Gasteiger partial charge in [-0.3, -0.25) is 4.57 Å². The first-order valence-electron chi connectivity index (χ1n) is 7.11. The third kappa shape index (κ3) is 4.58. The maximum atomic E-state index is 12.7. The van der Waals surface area contributed by atoms with Gasteiger partial charge in [-0.1, -0.05) is 36.6 Å². The minimum Gasteiger partial charge on any atom is -0.494 e. The Morgan fingerprint density at radius 1 is 1.12 bits per heavy atom. The van der Waals surface area contributed by atoms with Crippen LogP contribution in [0.3, 0.4) is 0 Å². The van der Waals surface area contributed by atoms with E-state index in [9.17, 15) is 23.4 Å². The number of hydrogen-bond donors (Lipinski definition) is 2. The van der Waals surface area contributed by atoms with E-state index in [1.54, 1.807) is 24.3 Å². The highest BCUT2D eigenvalue weighted by molar-refractivity contribution is 5.49. The smallest absolute Gasteiger partial charge is 0.416 e.